The summed E-state index contributed by atoms with van der Waals surface area (Å²) in [5.74, 6) is -1.94. The van der Waals surface area contributed by atoms with E-state index < -0.39 is 5.91 Å². The fourth-order valence-corrected chi connectivity index (χ4v) is 3.29. The van der Waals surface area contributed by atoms with Gasteiger partial charge in [-0.15, -0.1) is 0 Å². The smallest absolute Gasteiger partial charge is 0.240 e. The van der Waals surface area contributed by atoms with E-state index in [2.05, 4.69) is 5.32 Å². The predicted octanol–water partition coefficient (Wildman–Crippen LogP) is 1.95. The van der Waals surface area contributed by atoms with Gasteiger partial charge in [0.05, 0.1) is 17.9 Å². The van der Waals surface area contributed by atoms with E-state index in [0.717, 1.165) is 10.5 Å². The molecule has 0 aromatic heterocycles. The van der Waals surface area contributed by atoms with Crippen molar-refractivity contribution < 1.29 is 18.8 Å². The minimum atomic E-state index is -0.403. The number of carbonyl (C=O) groups excluding carboxylic acids is 3. The van der Waals surface area contributed by atoms with E-state index >= 15 is 0 Å². The maximum Gasteiger partial charge on any atom is 0.240 e. The standard InChI is InChI=1S/C18H19FN2O3/c1-11(12-6-8-13(19)9-7-12)20-16(22)10-21-17(23)14-4-2-3-5-15(14)18(21)24/h2-3,6-9,11,14-15H,4-5,10H2,1H3,(H,20,22)/t11-,14-,15+/m1/s1. The van der Waals surface area contributed by atoms with E-state index in [1.54, 1.807) is 19.1 Å². The summed E-state index contributed by atoms with van der Waals surface area (Å²) in [4.78, 5) is 37.9. The van der Waals surface area contributed by atoms with E-state index in [4.69, 9.17) is 0 Å². The van der Waals surface area contributed by atoms with Crippen LogP contribution in [-0.2, 0) is 14.4 Å². The summed E-state index contributed by atoms with van der Waals surface area (Å²) in [5, 5.41) is 2.74. The normalized spacial score (nSPS) is 24.0. The number of carbonyl (C=O) groups is 3. The molecule has 1 heterocycles. The van der Waals surface area contributed by atoms with Crippen LogP contribution in [0.4, 0.5) is 4.39 Å². The van der Waals surface area contributed by atoms with E-state index in [1.807, 2.05) is 12.2 Å². The van der Waals surface area contributed by atoms with Crippen LogP contribution in [0.3, 0.4) is 0 Å². The molecule has 0 bridgehead atoms. The lowest BCUT2D eigenvalue weighted by Gasteiger charge is -2.18. The van der Waals surface area contributed by atoms with Crippen LogP contribution in [0.5, 0.6) is 0 Å². The van der Waals surface area contributed by atoms with E-state index in [1.165, 1.54) is 12.1 Å². The number of hydrogen-bond acceptors (Lipinski definition) is 3. The second-order valence-electron chi connectivity index (χ2n) is 6.26. The number of amides is 3. The Hall–Kier alpha value is -2.50. The third-order valence-corrected chi connectivity index (χ3v) is 4.65. The molecular weight excluding hydrogens is 311 g/mol. The molecule has 1 aliphatic carbocycles. The molecule has 126 valence electrons. The van der Waals surface area contributed by atoms with Crippen molar-refractivity contribution in [3.05, 3.63) is 47.8 Å². The van der Waals surface area contributed by atoms with Gasteiger partial charge in [-0.1, -0.05) is 24.3 Å². The molecule has 0 unspecified atom stereocenters. The molecule has 3 atom stereocenters. The molecule has 1 aromatic rings. The molecule has 5 nitrogen and oxygen atoms in total. The number of likely N-dealkylation sites (tertiary alicyclic amines) is 1. The maximum atomic E-state index is 12.9. The number of nitrogens with zero attached hydrogens (tertiary/aromatic N) is 1. The van der Waals surface area contributed by atoms with Crippen molar-refractivity contribution >= 4 is 17.7 Å². The Bertz CT molecular complexity index is 673. The molecule has 3 rings (SSSR count). The average molecular weight is 330 g/mol. The fourth-order valence-electron chi connectivity index (χ4n) is 3.29. The summed E-state index contributed by atoms with van der Waals surface area (Å²) in [7, 11) is 0. The Balaban J connectivity index is 1.61. The van der Waals surface area contributed by atoms with Gasteiger partial charge in [-0.05, 0) is 37.5 Å². The Labute approximate surface area is 139 Å². The lowest BCUT2D eigenvalue weighted by atomic mass is 9.85. The van der Waals surface area contributed by atoms with Crippen LogP contribution in [0.2, 0.25) is 0 Å². The molecule has 1 fully saturated rings. The van der Waals surface area contributed by atoms with Crippen molar-refractivity contribution in [1.29, 1.82) is 0 Å². The molecule has 1 saturated heterocycles. The number of fused-ring (bicyclic) bond motifs is 1. The lowest BCUT2D eigenvalue weighted by Crippen LogP contribution is -2.41. The van der Waals surface area contributed by atoms with Crippen molar-refractivity contribution in [2.75, 3.05) is 6.54 Å². The van der Waals surface area contributed by atoms with Crippen LogP contribution in [0.1, 0.15) is 31.4 Å². The average Bonchev–Trinajstić information content (AvgIpc) is 2.81. The first-order valence-corrected chi connectivity index (χ1v) is 8.02. The topological polar surface area (TPSA) is 66.5 Å². The van der Waals surface area contributed by atoms with Crippen molar-refractivity contribution in [2.24, 2.45) is 11.8 Å². The molecule has 0 saturated carbocycles. The third-order valence-electron chi connectivity index (χ3n) is 4.65. The van der Waals surface area contributed by atoms with Crippen LogP contribution in [-0.4, -0.2) is 29.2 Å². The Morgan fingerprint density at radius 2 is 1.71 bits per heavy atom. The summed E-state index contributed by atoms with van der Waals surface area (Å²) >= 11 is 0. The van der Waals surface area contributed by atoms with Gasteiger partial charge in [-0.25, -0.2) is 4.39 Å². The first kappa shape index (κ1) is 16.4. The van der Waals surface area contributed by atoms with Gasteiger partial charge in [0.25, 0.3) is 0 Å². The quantitative estimate of drug-likeness (QED) is 0.678. The van der Waals surface area contributed by atoms with Gasteiger partial charge < -0.3 is 5.32 Å². The van der Waals surface area contributed by atoms with Gasteiger partial charge >= 0.3 is 0 Å². The summed E-state index contributed by atoms with van der Waals surface area (Å²) in [6.07, 6.45) is 4.93. The number of hydrogen-bond donors (Lipinski definition) is 1. The van der Waals surface area contributed by atoms with Gasteiger partial charge in [0.1, 0.15) is 12.4 Å². The molecule has 24 heavy (non-hydrogen) atoms. The van der Waals surface area contributed by atoms with Crippen molar-refractivity contribution in [3.63, 3.8) is 0 Å². The second kappa shape index (κ2) is 6.55. The summed E-state index contributed by atoms with van der Waals surface area (Å²) < 4.78 is 12.9. The highest BCUT2D eigenvalue weighted by Crippen LogP contribution is 2.34. The number of benzene rings is 1. The summed E-state index contributed by atoms with van der Waals surface area (Å²) in [5.41, 5.74) is 0.752. The van der Waals surface area contributed by atoms with E-state index in [-0.39, 0.29) is 42.1 Å². The highest BCUT2D eigenvalue weighted by molar-refractivity contribution is 6.07. The van der Waals surface area contributed by atoms with Crippen LogP contribution in [0.25, 0.3) is 0 Å². The molecule has 1 aromatic carbocycles. The molecule has 0 spiro atoms. The zero-order valence-electron chi connectivity index (χ0n) is 13.4. The minimum absolute atomic E-state index is 0.265. The summed E-state index contributed by atoms with van der Waals surface area (Å²) in [6, 6.07) is 5.49. The maximum absolute atomic E-state index is 12.9. The SMILES string of the molecule is C[C@@H](NC(=O)CN1C(=O)[C@H]2CC=CC[C@H]2C1=O)c1ccc(F)cc1. The number of imide groups is 1. The fraction of sp³-hybridized carbons (Fsp3) is 0.389. The molecule has 3 amide bonds. The third kappa shape index (κ3) is 3.09. The predicted molar refractivity (Wildman–Crippen MR) is 85.0 cm³/mol. The lowest BCUT2D eigenvalue weighted by molar-refractivity contribution is -0.143. The zero-order chi connectivity index (χ0) is 17.3. The van der Waals surface area contributed by atoms with Crippen molar-refractivity contribution in [3.8, 4) is 0 Å². The summed E-state index contributed by atoms with van der Waals surface area (Å²) in [6.45, 7) is 1.50. The minimum Gasteiger partial charge on any atom is -0.348 e. The van der Waals surface area contributed by atoms with Gasteiger partial charge in [0.2, 0.25) is 17.7 Å². The van der Waals surface area contributed by atoms with E-state index in [0.29, 0.717) is 12.8 Å². The number of nitrogens with one attached hydrogen (secondary N) is 1. The van der Waals surface area contributed by atoms with Gasteiger partial charge in [-0.3, -0.25) is 19.3 Å². The van der Waals surface area contributed by atoms with Crippen molar-refractivity contribution in [1.82, 2.24) is 10.2 Å². The van der Waals surface area contributed by atoms with Gasteiger partial charge in [0.15, 0.2) is 0 Å². The van der Waals surface area contributed by atoms with Crippen LogP contribution in [0, 0.1) is 17.7 Å². The number of allylic oxidation sites excluding steroid dienone is 2. The molecule has 2 aliphatic rings. The van der Waals surface area contributed by atoms with Crippen LogP contribution >= 0.6 is 0 Å². The largest absolute Gasteiger partial charge is 0.348 e. The van der Waals surface area contributed by atoms with Crippen molar-refractivity contribution in [2.45, 2.75) is 25.8 Å². The zero-order valence-corrected chi connectivity index (χ0v) is 13.4. The molecule has 1 aliphatic heterocycles. The second-order valence-corrected chi connectivity index (χ2v) is 6.26. The first-order valence-electron chi connectivity index (χ1n) is 8.02. The van der Waals surface area contributed by atoms with Gasteiger partial charge in [-0.2, -0.15) is 0 Å². The number of rotatable bonds is 4. The molecule has 6 heteroatoms. The Morgan fingerprint density at radius 3 is 2.25 bits per heavy atom. The van der Waals surface area contributed by atoms with E-state index in [9.17, 15) is 18.8 Å². The Kier molecular flexibility index (Phi) is 4.46. The van der Waals surface area contributed by atoms with Crippen LogP contribution in [0.15, 0.2) is 36.4 Å². The molecule has 0 radical (unpaired) electrons. The highest BCUT2D eigenvalue weighted by Gasteiger charge is 2.47. The highest BCUT2D eigenvalue weighted by atomic mass is 19.1. The molecular formula is C18H19FN2O3. The van der Waals surface area contributed by atoms with Gasteiger partial charge in [0, 0.05) is 0 Å². The monoisotopic (exact) mass is 330 g/mol. The molecule has 1 N–H and O–H groups in total. The van der Waals surface area contributed by atoms with Crippen LogP contribution < -0.4 is 5.32 Å². The Morgan fingerprint density at radius 1 is 1.17 bits per heavy atom. The first-order chi connectivity index (χ1) is 11.5. The number of halogens is 1.